The molecule has 2 heteroatoms. The number of rotatable bonds is 7. The van der Waals surface area contributed by atoms with Crippen molar-refractivity contribution in [2.24, 2.45) is 17.8 Å². The van der Waals surface area contributed by atoms with E-state index < -0.39 is 0 Å². The van der Waals surface area contributed by atoms with Crippen LogP contribution in [0.4, 0.5) is 0 Å². The van der Waals surface area contributed by atoms with Gasteiger partial charge < -0.3 is 10.1 Å². The molecule has 1 fully saturated rings. The SMILES string of the molecule is CCNC(COC1CCC(C)C(C)C1)C(C)CC. The Morgan fingerprint density at radius 1 is 1.17 bits per heavy atom. The van der Waals surface area contributed by atoms with Crippen LogP contribution < -0.4 is 5.32 Å². The number of hydrogen-bond acceptors (Lipinski definition) is 2. The maximum Gasteiger partial charge on any atom is 0.0625 e. The summed E-state index contributed by atoms with van der Waals surface area (Å²) in [6.45, 7) is 13.4. The molecule has 1 rings (SSSR count). The molecule has 0 amide bonds. The lowest BCUT2D eigenvalue weighted by molar-refractivity contribution is -0.0133. The van der Waals surface area contributed by atoms with Gasteiger partial charge in [0.1, 0.15) is 0 Å². The molecule has 5 atom stereocenters. The highest BCUT2D eigenvalue weighted by Crippen LogP contribution is 2.31. The highest BCUT2D eigenvalue weighted by molar-refractivity contribution is 4.77. The van der Waals surface area contributed by atoms with Gasteiger partial charge in [-0.3, -0.25) is 0 Å². The van der Waals surface area contributed by atoms with E-state index in [4.69, 9.17) is 4.74 Å². The van der Waals surface area contributed by atoms with Crippen LogP contribution in [0.15, 0.2) is 0 Å². The molecular weight excluding hydrogens is 222 g/mol. The molecule has 108 valence electrons. The maximum atomic E-state index is 6.18. The highest BCUT2D eigenvalue weighted by atomic mass is 16.5. The van der Waals surface area contributed by atoms with Gasteiger partial charge in [0.05, 0.1) is 12.7 Å². The van der Waals surface area contributed by atoms with E-state index in [1.54, 1.807) is 0 Å². The molecule has 0 heterocycles. The standard InChI is InChI=1S/C16H33NO/c1-6-12(3)16(17-7-2)11-18-15-9-8-13(4)14(5)10-15/h12-17H,6-11H2,1-5H3. The van der Waals surface area contributed by atoms with Gasteiger partial charge in [0.25, 0.3) is 0 Å². The Balaban J connectivity index is 2.33. The molecule has 1 N–H and O–H groups in total. The maximum absolute atomic E-state index is 6.18. The molecule has 1 saturated carbocycles. The van der Waals surface area contributed by atoms with Gasteiger partial charge in [-0.15, -0.1) is 0 Å². The third-order valence-electron chi connectivity index (χ3n) is 4.86. The van der Waals surface area contributed by atoms with E-state index in [1.807, 2.05) is 0 Å². The second-order valence-corrected chi connectivity index (χ2v) is 6.27. The first-order valence-corrected chi connectivity index (χ1v) is 7.93. The molecule has 0 aromatic heterocycles. The summed E-state index contributed by atoms with van der Waals surface area (Å²) in [4.78, 5) is 0. The van der Waals surface area contributed by atoms with E-state index in [0.717, 1.165) is 25.0 Å². The van der Waals surface area contributed by atoms with Gasteiger partial charge in [0, 0.05) is 6.04 Å². The predicted octanol–water partition coefficient (Wildman–Crippen LogP) is 3.85. The Bertz CT molecular complexity index is 219. The minimum Gasteiger partial charge on any atom is -0.377 e. The Labute approximate surface area is 114 Å². The fourth-order valence-corrected chi connectivity index (χ4v) is 2.86. The molecule has 5 unspecified atom stereocenters. The van der Waals surface area contributed by atoms with Crippen molar-refractivity contribution < 1.29 is 4.74 Å². The topological polar surface area (TPSA) is 21.3 Å². The minimum atomic E-state index is 0.501. The Morgan fingerprint density at radius 2 is 1.89 bits per heavy atom. The average Bonchev–Trinajstić information content (AvgIpc) is 2.37. The molecule has 0 aromatic carbocycles. The van der Waals surface area contributed by atoms with Crippen molar-refractivity contribution in [2.75, 3.05) is 13.2 Å². The smallest absolute Gasteiger partial charge is 0.0625 e. The van der Waals surface area contributed by atoms with E-state index in [1.165, 1.54) is 25.7 Å². The van der Waals surface area contributed by atoms with E-state index in [-0.39, 0.29) is 0 Å². The van der Waals surface area contributed by atoms with Crippen LogP contribution >= 0.6 is 0 Å². The molecule has 2 nitrogen and oxygen atoms in total. The molecule has 0 spiro atoms. The summed E-state index contributed by atoms with van der Waals surface area (Å²) in [6.07, 6.45) is 5.56. The van der Waals surface area contributed by atoms with Crippen LogP contribution in [0, 0.1) is 17.8 Å². The van der Waals surface area contributed by atoms with Gasteiger partial charge in [-0.05, 0) is 43.6 Å². The zero-order chi connectivity index (χ0) is 13.5. The van der Waals surface area contributed by atoms with E-state index in [0.29, 0.717) is 18.1 Å². The fraction of sp³-hybridized carbons (Fsp3) is 1.00. The van der Waals surface area contributed by atoms with Crippen molar-refractivity contribution >= 4 is 0 Å². The van der Waals surface area contributed by atoms with Crippen LogP contribution in [0.1, 0.15) is 60.3 Å². The Kier molecular flexibility index (Phi) is 7.25. The highest BCUT2D eigenvalue weighted by Gasteiger charge is 2.26. The van der Waals surface area contributed by atoms with Crippen LogP contribution in [0.25, 0.3) is 0 Å². The first-order chi connectivity index (χ1) is 8.58. The number of ether oxygens (including phenoxy) is 1. The van der Waals surface area contributed by atoms with Gasteiger partial charge >= 0.3 is 0 Å². The molecule has 1 aliphatic rings. The summed E-state index contributed by atoms with van der Waals surface area (Å²) in [5, 5.41) is 3.57. The third-order valence-corrected chi connectivity index (χ3v) is 4.86. The van der Waals surface area contributed by atoms with E-state index in [2.05, 4.69) is 39.9 Å². The van der Waals surface area contributed by atoms with E-state index >= 15 is 0 Å². The summed E-state index contributed by atoms with van der Waals surface area (Å²) in [5.41, 5.74) is 0. The lowest BCUT2D eigenvalue weighted by Crippen LogP contribution is -2.40. The molecule has 1 aliphatic carbocycles. The largest absolute Gasteiger partial charge is 0.377 e. The Hall–Kier alpha value is -0.0800. The predicted molar refractivity (Wildman–Crippen MR) is 78.8 cm³/mol. The zero-order valence-corrected chi connectivity index (χ0v) is 13.0. The summed E-state index contributed by atoms with van der Waals surface area (Å²) >= 11 is 0. The summed E-state index contributed by atoms with van der Waals surface area (Å²) in [6, 6.07) is 0.523. The number of likely N-dealkylation sites (N-methyl/N-ethyl adjacent to an activating group) is 1. The lowest BCUT2D eigenvalue weighted by atomic mass is 9.80. The summed E-state index contributed by atoms with van der Waals surface area (Å²) in [7, 11) is 0. The molecule has 0 radical (unpaired) electrons. The van der Waals surface area contributed by atoms with Gasteiger partial charge in [-0.25, -0.2) is 0 Å². The Morgan fingerprint density at radius 3 is 2.44 bits per heavy atom. The second kappa shape index (κ2) is 8.16. The minimum absolute atomic E-state index is 0.501. The van der Waals surface area contributed by atoms with Gasteiger partial charge in [-0.1, -0.05) is 41.0 Å². The van der Waals surface area contributed by atoms with Crippen molar-refractivity contribution in [3.63, 3.8) is 0 Å². The average molecular weight is 255 g/mol. The van der Waals surface area contributed by atoms with Gasteiger partial charge in [-0.2, -0.15) is 0 Å². The summed E-state index contributed by atoms with van der Waals surface area (Å²) in [5.74, 6) is 2.40. The molecule has 18 heavy (non-hydrogen) atoms. The van der Waals surface area contributed by atoms with E-state index in [9.17, 15) is 0 Å². The van der Waals surface area contributed by atoms with Crippen LogP contribution in [0.5, 0.6) is 0 Å². The fourth-order valence-electron chi connectivity index (χ4n) is 2.86. The van der Waals surface area contributed by atoms with Crippen LogP contribution in [-0.4, -0.2) is 25.3 Å². The molecule has 0 aliphatic heterocycles. The molecule has 0 saturated heterocycles. The van der Waals surface area contributed by atoms with Gasteiger partial charge in [0.2, 0.25) is 0 Å². The van der Waals surface area contributed by atoms with Crippen molar-refractivity contribution in [3.8, 4) is 0 Å². The van der Waals surface area contributed by atoms with Crippen molar-refractivity contribution in [3.05, 3.63) is 0 Å². The lowest BCUT2D eigenvalue weighted by Gasteiger charge is -2.33. The molecule has 0 aromatic rings. The van der Waals surface area contributed by atoms with Crippen molar-refractivity contribution in [1.29, 1.82) is 0 Å². The number of nitrogens with one attached hydrogen (secondary N) is 1. The molecule has 0 bridgehead atoms. The quantitative estimate of drug-likeness (QED) is 0.746. The van der Waals surface area contributed by atoms with Crippen LogP contribution in [0.3, 0.4) is 0 Å². The van der Waals surface area contributed by atoms with Crippen LogP contribution in [0.2, 0.25) is 0 Å². The number of hydrogen-bond donors (Lipinski definition) is 1. The normalized spacial score (nSPS) is 32.2. The third kappa shape index (κ3) is 4.89. The zero-order valence-electron chi connectivity index (χ0n) is 13.0. The summed E-state index contributed by atoms with van der Waals surface area (Å²) < 4.78 is 6.18. The first-order valence-electron chi connectivity index (χ1n) is 7.93. The van der Waals surface area contributed by atoms with Gasteiger partial charge in [0.15, 0.2) is 0 Å². The molecular formula is C16H33NO. The van der Waals surface area contributed by atoms with Crippen LogP contribution in [-0.2, 0) is 4.74 Å². The monoisotopic (exact) mass is 255 g/mol. The van der Waals surface area contributed by atoms with Crippen molar-refractivity contribution in [2.45, 2.75) is 72.4 Å². The van der Waals surface area contributed by atoms with Crippen molar-refractivity contribution in [1.82, 2.24) is 5.32 Å². The first kappa shape index (κ1) is 16.0. The second-order valence-electron chi connectivity index (χ2n) is 6.27.